The summed E-state index contributed by atoms with van der Waals surface area (Å²) >= 11 is 0. The summed E-state index contributed by atoms with van der Waals surface area (Å²) in [4.78, 5) is 0. The van der Waals surface area contributed by atoms with Gasteiger partial charge in [0.25, 0.3) is 0 Å². The lowest BCUT2D eigenvalue weighted by molar-refractivity contribution is 0.202. The maximum Gasteiger partial charge on any atom is 0.130 e. The van der Waals surface area contributed by atoms with Crippen molar-refractivity contribution in [1.29, 1.82) is 0 Å². The highest BCUT2D eigenvalue weighted by molar-refractivity contribution is 5.65. The van der Waals surface area contributed by atoms with Crippen LogP contribution in [0.1, 0.15) is 5.56 Å². The fourth-order valence-corrected chi connectivity index (χ4v) is 1.25. The van der Waals surface area contributed by atoms with E-state index in [1.54, 1.807) is 7.11 Å². The maximum atomic E-state index is 5.36. The molecule has 0 spiro atoms. The summed E-state index contributed by atoms with van der Waals surface area (Å²) in [7, 11) is 1.71. The van der Waals surface area contributed by atoms with E-state index in [2.05, 4.69) is 6.07 Å². The number of ether oxygens (including phenoxy) is 1. The van der Waals surface area contributed by atoms with E-state index in [0.717, 1.165) is 24.2 Å². The SMILES string of the molecule is COCCc1cc2ccc1o2. The molecular formula is C9H10O2. The molecule has 2 aromatic rings. The lowest BCUT2D eigenvalue weighted by atomic mass is 10.2. The molecule has 0 fully saturated rings. The van der Waals surface area contributed by atoms with Crippen LogP contribution in [0.15, 0.2) is 22.6 Å². The Balaban J connectivity index is 2.18. The normalized spacial score (nSPS) is 11.4. The molecule has 0 amide bonds. The van der Waals surface area contributed by atoms with Crippen molar-refractivity contribution in [2.45, 2.75) is 6.42 Å². The molecule has 0 saturated carbocycles. The fraction of sp³-hybridized carbons (Fsp3) is 0.333. The van der Waals surface area contributed by atoms with E-state index in [1.807, 2.05) is 12.1 Å². The van der Waals surface area contributed by atoms with Crippen molar-refractivity contribution < 1.29 is 9.15 Å². The van der Waals surface area contributed by atoms with E-state index < -0.39 is 0 Å². The van der Waals surface area contributed by atoms with E-state index in [0.29, 0.717) is 0 Å². The van der Waals surface area contributed by atoms with Crippen molar-refractivity contribution in [3.63, 3.8) is 0 Å². The van der Waals surface area contributed by atoms with Crippen molar-refractivity contribution in [3.8, 4) is 0 Å². The van der Waals surface area contributed by atoms with Gasteiger partial charge < -0.3 is 9.15 Å². The Morgan fingerprint density at radius 1 is 1.45 bits per heavy atom. The molecule has 0 atom stereocenters. The third kappa shape index (κ3) is 1.10. The highest BCUT2D eigenvalue weighted by atomic mass is 16.5. The first kappa shape index (κ1) is 6.68. The zero-order valence-corrected chi connectivity index (χ0v) is 6.46. The molecule has 0 N–H and O–H groups in total. The van der Waals surface area contributed by atoms with Crippen LogP contribution in [0.4, 0.5) is 0 Å². The van der Waals surface area contributed by atoms with Gasteiger partial charge in [-0.15, -0.1) is 0 Å². The van der Waals surface area contributed by atoms with Crippen LogP contribution < -0.4 is 0 Å². The van der Waals surface area contributed by atoms with E-state index in [4.69, 9.17) is 9.15 Å². The zero-order valence-electron chi connectivity index (χ0n) is 6.46. The first-order chi connectivity index (χ1) is 5.40. The van der Waals surface area contributed by atoms with Gasteiger partial charge in [-0.2, -0.15) is 0 Å². The second-order valence-corrected chi connectivity index (χ2v) is 2.61. The number of benzene rings is 1. The minimum absolute atomic E-state index is 0.764. The molecule has 58 valence electrons. The van der Waals surface area contributed by atoms with Crippen LogP contribution in [0.2, 0.25) is 0 Å². The summed E-state index contributed by atoms with van der Waals surface area (Å²) in [5, 5.41) is 0. The maximum absolute atomic E-state index is 5.36. The number of rotatable bonds is 3. The number of fused-ring (bicyclic) bond motifs is 2. The Morgan fingerprint density at radius 3 is 2.91 bits per heavy atom. The van der Waals surface area contributed by atoms with Gasteiger partial charge in [0.15, 0.2) is 0 Å². The van der Waals surface area contributed by atoms with E-state index >= 15 is 0 Å². The standard InChI is InChI=1S/C9H10O2/c1-10-5-4-7-6-8-2-3-9(7)11-8/h2-3,6H,4-5H2,1H3. The van der Waals surface area contributed by atoms with Crippen molar-refractivity contribution in [1.82, 2.24) is 0 Å². The molecule has 11 heavy (non-hydrogen) atoms. The molecule has 2 rings (SSSR count). The molecule has 0 unspecified atom stereocenters. The summed E-state index contributed by atoms with van der Waals surface area (Å²) in [6.07, 6.45) is 0.944. The second kappa shape index (κ2) is 2.55. The van der Waals surface area contributed by atoms with Gasteiger partial charge >= 0.3 is 0 Å². The molecule has 0 saturated heterocycles. The second-order valence-electron chi connectivity index (χ2n) is 2.61. The lowest BCUT2D eigenvalue weighted by Crippen LogP contribution is -1.92. The fourth-order valence-electron chi connectivity index (χ4n) is 1.25. The van der Waals surface area contributed by atoms with Gasteiger partial charge in [0.05, 0.1) is 6.61 Å². The van der Waals surface area contributed by atoms with Gasteiger partial charge in [-0.05, 0) is 24.6 Å². The molecule has 0 aliphatic carbocycles. The molecule has 0 aliphatic heterocycles. The first-order valence-corrected chi connectivity index (χ1v) is 3.70. The van der Waals surface area contributed by atoms with Gasteiger partial charge in [0, 0.05) is 12.7 Å². The number of furan rings is 2. The Hall–Kier alpha value is -1.02. The molecule has 0 aliphatic rings. The summed E-state index contributed by atoms with van der Waals surface area (Å²) in [5.74, 6) is 0. The minimum Gasteiger partial charge on any atom is -0.457 e. The van der Waals surface area contributed by atoms with E-state index in [-0.39, 0.29) is 0 Å². The molecular weight excluding hydrogens is 140 g/mol. The molecule has 2 heteroatoms. The smallest absolute Gasteiger partial charge is 0.130 e. The topological polar surface area (TPSA) is 22.4 Å². The number of hydrogen-bond acceptors (Lipinski definition) is 2. The molecule has 0 radical (unpaired) electrons. The van der Waals surface area contributed by atoms with Gasteiger partial charge in [0.1, 0.15) is 11.2 Å². The average molecular weight is 150 g/mol. The predicted molar refractivity (Wildman–Crippen MR) is 43.0 cm³/mol. The number of hydrogen-bond donors (Lipinski definition) is 0. The largest absolute Gasteiger partial charge is 0.457 e. The molecule has 2 bridgehead atoms. The lowest BCUT2D eigenvalue weighted by Gasteiger charge is -1.94. The van der Waals surface area contributed by atoms with Crippen LogP contribution in [-0.4, -0.2) is 13.7 Å². The van der Waals surface area contributed by atoms with Crippen LogP contribution in [0.5, 0.6) is 0 Å². The summed E-state index contributed by atoms with van der Waals surface area (Å²) in [6.45, 7) is 0.764. The Bertz CT molecular complexity index is 324. The van der Waals surface area contributed by atoms with Crippen LogP contribution in [0.25, 0.3) is 11.2 Å². The van der Waals surface area contributed by atoms with Crippen LogP contribution in [0.3, 0.4) is 0 Å². The van der Waals surface area contributed by atoms with Crippen LogP contribution in [0, 0.1) is 0 Å². The third-order valence-corrected chi connectivity index (χ3v) is 1.84. The van der Waals surface area contributed by atoms with Gasteiger partial charge in [0.2, 0.25) is 0 Å². The highest BCUT2D eigenvalue weighted by Crippen LogP contribution is 2.21. The van der Waals surface area contributed by atoms with E-state index in [9.17, 15) is 0 Å². The monoisotopic (exact) mass is 150 g/mol. The highest BCUT2D eigenvalue weighted by Gasteiger charge is 2.05. The van der Waals surface area contributed by atoms with E-state index in [1.165, 1.54) is 5.56 Å². The molecule has 2 heterocycles. The quantitative estimate of drug-likeness (QED) is 0.668. The molecule has 0 aromatic carbocycles. The Kier molecular flexibility index (Phi) is 1.55. The Labute approximate surface area is 65.1 Å². The summed E-state index contributed by atoms with van der Waals surface area (Å²) in [5.41, 5.74) is 3.22. The van der Waals surface area contributed by atoms with Crippen molar-refractivity contribution in [2.75, 3.05) is 13.7 Å². The van der Waals surface area contributed by atoms with Crippen molar-refractivity contribution >= 4 is 11.2 Å². The predicted octanol–water partition coefficient (Wildman–Crippen LogP) is 2.06. The average Bonchev–Trinajstić information content (AvgIpc) is 2.60. The molecule has 2 nitrogen and oxygen atoms in total. The van der Waals surface area contributed by atoms with Gasteiger partial charge in [-0.1, -0.05) is 0 Å². The van der Waals surface area contributed by atoms with Crippen molar-refractivity contribution in [3.05, 3.63) is 23.8 Å². The third-order valence-electron chi connectivity index (χ3n) is 1.84. The molecule has 2 aromatic heterocycles. The first-order valence-electron chi connectivity index (χ1n) is 3.70. The summed E-state index contributed by atoms with van der Waals surface area (Å²) in [6, 6.07) is 6.04. The van der Waals surface area contributed by atoms with Gasteiger partial charge in [-0.3, -0.25) is 0 Å². The van der Waals surface area contributed by atoms with Gasteiger partial charge in [-0.25, -0.2) is 0 Å². The number of methoxy groups -OCH3 is 1. The van der Waals surface area contributed by atoms with Crippen LogP contribution >= 0.6 is 0 Å². The Morgan fingerprint density at radius 2 is 2.36 bits per heavy atom. The van der Waals surface area contributed by atoms with Crippen LogP contribution in [-0.2, 0) is 11.2 Å². The zero-order chi connectivity index (χ0) is 7.68. The van der Waals surface area contributed by atoms with Crippen molar-refractivity contribution in [2.24, 2.45) is 0 Å². The minimum atomic E-state index is 0.764. The summed E-state index contributed by atoms with van der Waals surface area (Å²) < 4.78 is 10.3.